The van der Waals surface area contributed by atoms with Gasteiger partial charge in [-0.2, -0.15) is 0 Å². The second-order valence-electron chi connectivity index (χ2n) is 5.23. The molecular formula is C18H11ClN2OS2. The highest BCUT2D eigenvalue weighted by molar-refractivity contribution is 7.80. The molecule has 0 aliphatic heterocycles. The second kappa shape index (κ2) is 6.09. The summed E-state index contributed by atoms with van der Waals surface area (Å²) in [5.41, 5.74) is 2.38. The number of benzene rings is 2. The van der Waals surface area contributed by atoms with Gasteiger partial charge >= 0.3 is 0 Å². The third-order valence-electron chi connectivity index (χ3n) is 3.74. The average molecular weight is 371 g/mol. The van der Waals surface area contributed by atoms with Crippen LogP contribution in [0.25, 0.3) is 27.0 Å². The Labute approximate surface area is 152 Å². The van der Waals surface area contributed by atoms with Gasteiger partial charge in [0.15, 0.2) is 5.16 Å². The predicted molar refractivity (Wildman–Crippen MR) is 103 cm³/mol. The van der Waals surface area contributed by atoms with Crippen molar-refractivity contribution in [1.29, 1.82) is 0 Å². The van der Waals surface area contributed by atoms with E-state index >= 15 is 0 Å². The van der Waals surface area contributed by atoms with E-state index in [2.05, 4.69) is 17.6 Å². The minimum atomic E-state index is -0.146. The van der Waals surface area contributed by atoms with Gasteiger partial charge in [0.05, 0.1) is 11.1 Å². The molecule has 2 aromatic heterocycles. The molecule has 0 radical (unpaired) electrons. The number of thiophene rings is 1. The summed E-state index contributed by atoms with van der Waals surface area (Å²) in [6.07, 6.45) is 0. The quantitative estimate of drug-likeness (QED) is 0.395. The van der Waals surface area contributed by atoms with E-state index in [1.165, 1.54) is 15.9 Å². The third kappa shape index (κ3) is 2.55. The smallest absolute Gasteiger partial charge is 0.268 e. The first-order valence-corrected chi connectivity index (χ1v) is 8.90. The molecule has 0 aliphatic rings. The highest BCUT2D eigenvalue weighted by atomic mass is 35.5. The van der Waals surface area contributed by atoms with Gasteiger partial charge in [-0.05, 0) is 23.8 Å². The van der Waals surface area contributed by atoms with Crippen LogP contribution in [-0.4, -0.2) is 9.55 Å². The number of rotatable bonds is 2. The summed E-state index contributed by atoms with van der Waals surface area (Å²) in [6.45, 7) is 0. The first kappa shape index (κ1) is 15.4. The van der Waals surface area contributed by atoms with Crippen molar-refractivity contribution in [3.8, 4) is 16.8 Å². The lowest BCUT2D eigenvalue weighted by Gasteiger charge is -2.09. The van der Waals surface area contributed by atoms with Gasteiger partial charge in [-0.1, -0.05) is 48.0 Å². The molecule has 0 unspecified atom stereocenters. The Kier molecular flexibility index (Phi) is 3.92. The summed E-state index contributed by atoms with van der Waals surface area (Å²) in [4.78, 5) is 18.3. The van der Waals surface area contributed by atoms with E-state index < -0.39 is 0 Å². The van der Waals surface area contributed by atoms with Crippen LogP contribution < -0.4 is 5.56 Å². The van der Waals surface area contributed by atoms with Crippen LogP contribution in [0.3, 0.4) is 0 Å². The van der Waals surface area contributed by atoms with Gasteiger partial charge in [-0.15, -0.1) is 24.0 Å². The van der Waals surface area contributed by atoms with Crippen LogP contribution in [0.2, 0.25) is 5.02 Å². The van der Waals surface area contributed by atoms with Crippen LogP contribution in [0.4, 0.5) is 0 Å². The van der Waals surface area contributed by atoms with Gasteiger partial charge in [-0.3, -0.25) is 9.36 Å². The van der Waals surface area contributed by atoms with E-state index in [-0.39, 0.29) is 5.56 Å². The first-order valence-electron chi connectivity index (χ1n) is 7.20. The number of nitrogens with zero attached hydrogens (tertiary/aromatic N) is 2. The summed E-state index contributed by atoms with van der Waals surface area (Å²) >= 11 is 11.9. The van der Waals surface area contributed by atoms with E-state index in [1.54, 1.807) is 18.2 Å². The molecule has 6 heteroatoms. The molecule has 0 amide bonds. The predicted octanol–water partition coefficient (Wildman–Crippen LogP) is 5.06. The van der Waals surface area contributed by atoms with E-state index in [0.717, 1.165) is 11.1 Å². The van der Waals surface area contributed by atoms with Crippen molar-refractivity contribution in [1.82, 2.24) is 9.55 Å². The zero-order valence-corrected chi connectivity index (χ0v) is 14.8. The van der Waals surface area contributed by atoms with Gasteiger partial charge in [0, 0.05) is 16.0 Å². The maximum atomic E-state index is 13.2. The standard InChI is InChI=1S/C18H11ClN2OS2/c19-12-7-4-8-13(9-12)21-17(22)15-14(11-5-2-1-3-6-11)10-24-16(15)20-18(21)23/h1-10H,(H,20,23). The molecule has 0 saturated carbocycles. The Bertz CT molecular complexity index is 1100. The lowest BCUT2D eigenvalue weighted by Crippen LogP contribution is -2.20. The number of thiol groups is 1. The Morgan fingerprint density at radius 1 is 1.08 bits per heavy atom. The Morgan fingerprint density at radius 2 is 1.88 bits per heavy atom. The summed E-state index contributed by atoms with van der Waals surface area (Å²) < 4.78 is 1.48. The fourth-order valence-corrected chi connectivity index (χ4v) is 4.15. The van der Waals surface area contributed by atoms with Gasteiger partial charge in [0.2, 0.25) is 0 Å². The fourth-order valence-electron chi connectivity index (χ4n) is 2.66. The summed E-state index contributed by atoms with van der Waals surface area (Å²) in [7, 11) is 0. The largest absolute Gasteiger partial charge is 0.268 e. The molecule has 24 heavy (non-hydrogen) atoms. The number of hydrogen-bond donors (Lipinski definition) is 1. The van der Waals surface area contributed by atoms with Crippen molar-refractivity contribution in [2.45, 2.75) is 5.16 Å². The Balaban J connectivity index is 2.05. The van der Waals surface area contributed by atoms with Crippen molar-refractivity contribution < 1.29 is 0 Å². The Morgan fingerprint density at radius 3 is 2.62 bits per heavy atom. The molecule has 4 rings (SSSR count). The van der Waals surface area contributed by atoms with Gasteiger partial charge in [-0.25, -0.2) is 4.98 Å². The molecule has 0 atom stereocenters. The van der Waals surface area contributed by atoms with Crippen LogP contribution >= 0.6 is 35.6 Å². The third-order valence-corrected chi connectivity index (χ3v) is 5.15. The van der Waals surface area contributed by atoms with Crippen LogP contribution in [0, 0.1) is 0 Å². The zero-order chi connectivity index (χ0) is 16.7. The van der Waals surface area contributed by atoms with Crippen molar-refractivity contribution >= 4 is 45.8 Å². The summed E-state index contributed by atoms with van der Waals surface area (Å²) in [5.74, 6) is 0. The minimum absolute atomic E-state index is 0.146. The number of aromatic nitrogens is 2. The average Bonchev–Trinajstić information content (AvgIpc) is 3.00. The lowest BCUT2D eigenvalue weighted by atomic mass is 10.1. The lowest BCUT2D eigenvalue weighted by molar-refractivity contribution is 0.827. The van der Waals surface area contributed by atoms with Crippen LogP contribution in [0.15, 0.2) is 69.9 Å². The van der Waals surface area contributed by atoms with Crippen molar-refractivity contribution in [3.05, 3.63) is 75.4 Å². The van der Waals surface area contributed by atoms with E-state index in [1.807, 2.05) is 41.8 Å². The SMILES string of the molecule is O=c1c2c(-c3ccccc3)csc2nc(S)n1-c1cccc(Cl)c1. The number of halogens is 1. The maximum Gasteiger partial charge on any atom is 0.268 e. The monoisotopic (exact) mass is 370 g/mol. The van der Waals surface area contributed by atoms with Crippen molar-refractivity contribution in [2.24, 2.45) is 0 Å². The maximum absolute atomic E-state index is 13.2. The molecule has 4 aromatic rings. The molecule has 0 saturated heterocycles. The second-order valence-corrected chi connectivity index (χ2v) is 6.92. The molecule has 0 bridgehead atoms. The van der Waals surface area contributed by atoms with Crippen molar-refractivity contribution in [3.63, 3.8) is 0 Å². The molecule has 2 heterocycles. The number of fused-ring (bicyclic) bond motifs is 1. The highest BCUT2D eigenvalue weighted by Gasteiger charge is 2.16. The fraction of sp³-hybridized carbons (Fsp3) is 0. The van der Waals surface area contributed by atoms with Crippen LogP contribution in [0.5, 0.6) is 0 Å². The number of hydrogen-bond acceptors (Lipinski definition) is 4. The molecule has 2 aromatic carbocycles. The van der Waals surface area contributed by atoms with Gasteiger partial charge in [0.25, 0.3) is 5.56 Å². The Hall–Kier alpha value is -2.08. The van der Waals surface area contributed by atoms with E-state index in [4.69, 9.17) is 11.6 Å². The minimum Gasteiger partial charge on any atom is -0.268 e. The molecule has 118 valence electrons. The van der Waals surface area contributed by atoms with Crippen molar-refractivity contribution in [2.75, 3.05) is 0 Å². The zero-order valence-electron chi connectivity index (χ0n) is 12.3. The summed E-state index contributed by atoms with van der Waals surface area (Å²) in [6, 6.07) is 16.9. The molecule has 0 spiro atoms. The van der Waals surface area contributed by atoms with Crippen LogP contribution in [-0.2, 0) is 0 Å². The highest BCUT2D eigenvalue weighted by Crippen LogP contribution is 2.31. The van der Waals surface area contributed by atoms with E-state index in [9.17, 15) is 4.79 Å². The van der Waals surface area contributed by atoms with Gasteiger partial charge in [0.1, 0.15) is 4.83 Å². The van der Waals surface area contributed by atoms with Gasteiger partial charge < -0.3 is 0 Å². The topological polar surface area (TPSA) is 34.9 Å². The van der Waals surface area contributed by atoms with E-state index in [0.29, 0.717) is 26.1 Å². The normalized spacial score (nSPS) is 11.1. The molecular weight excluding hydrogens is 360 g/mol. The molecule has 0 fully saturated rings. The molecule has 3 nitrogen and oxygen atoms in total. The summed E-state index contributed by atoms with van der Waals surface area (Å²) in [5, 5.41) is 3.46. The first-order chi connectivity index (χ1) is 11.6. The molecule has 0 N–H and O–H groups in total. The van der Waals surface area contributed by atoms with Crippen LogP contribution in [0.1, 0.15) is 0 Å². The molecule has 0 aliphatic carbocycles.